The van der Waals surface area contributed by atoms with Gasteiger partial charge in [-0.15, -0.1) is 0 Å². The van der Waals surface area contributed by atoms with E-state index in [1.165, 1.54) is 4.90 Å². The van der Waals surface area contributed by atoms with Crippen LogP contribution in [0.1, 0.15) is 5.56 Å². The fourth-order valence-corrected chi connectivity index (χ4v) is 1.73. The molecule has 1 amide bonds. The first kappa shape index (κ1) is 13.6. The molecule has 0 saturated carbocycles. The van der Waals surface area contributed by atoms with Crippen molar-refractivity contribution in [3.63, 3.8) is 0 Å². The maximum Gasteiger partial charge on any atom is 0.417 e. The molecule has 0 atom stereocenters. The summed E-state index contributed by atoms with van der Waals surface area (Å²) in [4.78, 5) is 24.3. The Bertz CT molecular complexity index is 547. The van der Waals surface area contributed by atoms with Gasteiger partial charge < -0.3 is 14.6 Å². The molecule has 1 aliphatic heterocycles. The highest BCUT2D eigenvalue weighted by Gasteiger charge is 2.32. The average Bonchev–Trinajstić information content (AvgIpc) is 2.26. The number of aliphatic hydroxyl groups is 1. The van der Waals surface area contributed by atoms with Gasteiger partial charge >= 0.3 is 6.18 Å². The van der Waals surface area contributed by atoms with Gasteiger partial charge in [-0.1, -0.05) is 0 Å². The summed E-state index contributed by atoms with van der Waals surface area (Å²) < 4.78 is 38.2. The summed E-state index contributed by atoms with van der Waals surface area (Å²) in [6, 6.07) is 1.46. The van der Waals surface area contributed by atoms with Crippen molar-refractivity contribution in [1.29, 1.82) is 0 Å². The van der Waals surface area contributed by atoms with Gasteiger partial charge in [-0.05, 0) is 6.07 Å². The van der Waals surface area contributed by atoms with Gasteiger partial charge in [-0.2, -0.15) is 13.2 Å². The Morgan fingerprint density at radius 2 is 2.00 bits per heavy atom. The highest BCUT2D eigenvalue weighted by atomic mass is 19.4. The Morgan fingerprint density at radius 3 is 2.53 bits per heavy atom. The number of halogens is 3. The minimum absolute atomic E-state index is 0.145. The van der Waals surface area contributed by atoms with Gasteiger partial charge in [-0.25, -0.2) is 0 Å². The van der Waals surface area contributed by atoms with Crippen LogP contribution in [0.4, 0.5) is 13.2 Å². The van der Waals surface area contributed by atoms with Crippen LogP contribution in [0.5, 0.6) is 0 Å². The molecule has 19 heavy (non-hydrogen) atoms. The van der Waals surface area contributed by atoms with Crippen LogP contribution in [0, 0.1) is 0 Å². The lowest BCUT2D eigenvalue weighted by Crippen LogP contribution is -2.54. The molecule has 0 aliphatic carbocycles. The Kier molecular flexibility index (Phi) is 3.36. The van der Waals surface area contributed by atoms with Gasteiger partial charge in [0.25, 0.3) is 5.56 Å². The first-order chi connectivity index (χ1) is 8.77. The normalized spacial score (nSPS) is 16.3. The monoisotopic (exact) mass is 276 g/mol. The van der Waals surface area contributed by atoms with E-state index in [4.69, 9.17) is 5.11 Å². The largest absolute Gasteiger partial charge is 0.417 e. The van der Waals surface area contributed by atoms with Gasteiger partial charge in [0.1, 0.15) is 6.54 Å². The van der Waals surface area contributed by atoms with E-state index in [0.29, 0.717) is 12.3 Å². The van der Waals surface area contributed by atoms with Crippen molar-refractivity contribution in [3.05, 3.63) is 34.2 Å². The highest BCUT2D eigenvalue weighted by Crippen LogP contribution is 2.28. The number of alkyl halides is 3. The number of aliphatic hydroxyl groups excluding tert-OH is 1. The number of nitrogens with zero attached hydrogens (tertiary/aromatic N) is 2. The first-order valence-electron chi connectivity index (χ1n) is 5.51. The number of β-amino-alcohol motifs (C(OH)–C–C–N with tert-alkyl or cyclic N) is 1. The molecule has 0 aromatic carbocycles. The van der Waals surface area contributed by atoms with E-state index in [-0.39, 0.29) is 13.1 Å². The fourth-order valence-electron chi connectivity index (χ4n) is 1.73. The number of carbonyl (C=O) groups excluding carboxylic acids is 1. The van der Waals surface area contributed by atoms with Crippen LogP contribution in [0.3, 0.4) is 0 Å². The van der Waals surface area contributed by atoms with Crippen LogP contribution < -0.4 is 5.56 Å². The fraction of sp³-hybridized carbons (Fsp3) is 0.455. The molecule has 1 fully saturated rings. The van der Waals surface area contributed by atoms with Gasteiger partial charge in [0.2, 0.25) is 5.91 Å². The SMILES string of the molecule is O=C(Cn1cc(C(F)(F)F)ccc1=O)N1CC(O)C1. The van der Waals surface area contributed by atoms with Gasteiger partial charge in [-0.3, -0.25) is 9.59 Å². The topological polar surface area (TPSA) is 62.5 Å². The summed E-state index contributed by atoms with van der Waals surface area (Å²) >= 11 is 0. The second kappa shape index (κ2) is 4.69. The molecule has 2 heterocycles. The zero-order valence-electron chi connectivity index (χ0n) is 9.72. The molecule has 2 rings (SSSR count). The number of carbonyl (C=O) groups is 1. The van der Waals surface area contributed by atoms with E-state index >= 15 is 0 Å². The van der Waals surface area contributed by atoms with Crippen molar-refractivity contribution in [2.45, 2.75) is 18.8 Å². The number of hydrogen-bond donors (Lipinski definition) is 1. The van der Waals surface area contributed by atoms with Crippen molar-refractivity contribution in [2.75, 3.05) is 13.1 Å². The maximum atomic E-state index is 12.5. The zero-order valence-corrected chi connectivity index (χ0v) is 9.72. The third kappa shape index (κ3) is 2.95. The number of pyridine rings is 1. The lowest BCUT2D eigenvalue weighted by molar-refractivity contribution is -0.143. The second-order valence-electron chi connectivity index (χ2n) is 4.33. The molecule has 1 aromatic heterocycles. The van der Waals surface area contributed by atoms with E-state index < -0.39 is 35.9 Å². The second-order valence-corrected chi connectivity index (χ2v) is 4.33. The van der Waals surface area contributed by atoms with Crippen molar-refractivity contribution in [3.8, 4) is 0 Å². The van der Waals surface area contributed by atoms with Crippen LogP contribution in [0.25, 0.3) is 0 Å². The van der Waals surface area contributed by atoms with E-state index in [0.717, 1.165) is 10.6 Å². The molecule has 0 bridgehead atoms. The maximum absolute atomic E-state index is 12.5. The molecular formula is C11H11F3N2O3. The number of aromatic nitrogens is 1. The molecule has 1 aliphatic rings. The van der Waals surface area contributed by atoms with Crippen LogP contribution in [-0.2, 0) is 17.5 Å². The molecule has 1 saturated heterocycles. The van der Waals surface area contributed by atoms with Crippen LogP contribution in [0.15, 0.2) is 23.1 Å². The van der Waals surface area contributed by atoms with Crippen molar-refractivity contribution in [2.24, 2.45) is 0 Å². The molecule has 5 nitrogen and oxygen atoms in total. The Labute approximate surface area is 105 Å². The third-order valence-corrected chi connectivity index (χ3v) is 2.83. The number of likely N-dealkylation sites (tertiary alicyclic amines) is 1. The summed E-state index contributed by atoms with van der Waals surface area (Å²) in [5, 5.41) is 9.03. The molecule has 0 unspecified atom stereocenters. The summed E-state index contributed by atoms with van der Waals surface area (Å²) in [5.74, 6) is -0.494. The standard InChI is InChI=1S/C11H11F3N2O3/c12-11(13,14)7-1-2-9(18)15(3-7)6-10(19)16-4-8(17)5-16/h1-3,8,17H,4-6H2. The molecule has 0 radical (unpaired) electrons. The Morgan fingerprint density at radius 1 is 1.37 bits per heavy atom. The Hall–Kier alpha value is -1.83. The van der Waals surface area contributed by atoms with Gasteiger partial charge in [0.05, 0.1) is 11.7 Å². The van der Waals surface area contributed by atoms with Crippen molar-refractivity contribution < 1.29 is 23.1 Å². The molecule has 8 heteroatoms. The summed E-state index contributed by atoms with van der Waals surface area (Å²) in [6.45, 7) is -0.172. The Balaban J connectivity index is 2.16. The van der Waals surface area contributed by atoms with Crippen molar-refractivity contribution in [1.82, 2.24) is 9.47 Å². The molecule has 0 spiro atoms. The minimum Gasteiger partial charge on any atom is -0.389 e. The molecule has 1 N–H and O–H groups in total. The van der Waals surface area contributed by atoms with E-state index in [2.05, 4.69) is 0 Å². The molecule has 1 aromatic rings. The predicted molar refractivity (Wildman–Crippen MR) is 58.3 cm³/mol. The summed E-state index contributed by atoms with van der Waals surface area (Å²) in [7, 11) is 0. The molecule has 104 valence electrons. The van der Waals surface area contributed by atoms with Gasteiger partial charge in [0.15, 0.2) is 0 Å². The van der Waals surface area contributed by atoms with E-state index in [1.54, 1.807) is 0 Å². The van der Waals surface area contributed by atoms with Crippen LogP contribution >= 0.6 is 0 Å². The predicted octanol–water partition coefficient (Wildman–Crippen LogP) is 0.0702. The summed E-state index contributed by atoms with van der Waals surface area (Å²) in [6.07, 6.45) is -4.54. The third-order valence-electron chi connectivity index (χ3n) is 2.83. The number of rotatable bonds is 2. The van der Waals surface area contributed by atoms with Crippen molar-refractivity contribution >= 4 is 5.91 Å². The first-order valence-corrected chi connectivity index (χ1v) is 5.51. The number of amides is 1. The quantitative estimate of drug-likeness (QED) is 0.831. The smallest absolute Gasteiger partial charge is 0.389 e. The summed E-state index contributed by atoms with van der Waals surface area (Å²) in [5.41, 5.74) is -1.66. The zero-order chi connectivity index (χ0) is 14.2. The molecular weight excluding hydrogens is 265 g/mol. The van der Waals surface area contributed by atoms with Crippen LogP contribution in [-0.4, -0.2) is 39.7 Å². The highest BCUT2D eigenvalue weighted by molar-refractivity contribution is 5.76. The average molecular weight is 276 g/mol. The van der Waals surface area contributed by atoms with Gasteiger partial charge in [0, 0.05) is 25.4 Å². The lowest BCUT2D eigenvalue weighted by Gasteiger charge is -2.35. The van der Waals surface area contributed by atoms with Crippen LogP contribution in [0.2, 0.25) is 0 Å². The minimum atomic E-state index is -4.56. The lowest BCUT2D eigenvalue weighted by atomic mass is 10.1. The van der Waals surface area contributed by atoms with E-state index in [1.807, 2.05) is 0 Å². The number of hydrogen-bond acceptors (Lipinski definition) is 3. The van der Waals surface area contributed by atoms with E-state index in [9.17, 15) is 22.8 Å².